The van der Waals surface area contributed by atoms with Gasteiger partial charge in [-0.05, 0) is 41.2 Å². The zero-order valence-electron chi connectivity index (χ0n) is 11.3. The summed E-state index contributed by atoms with van der Waals surface area (Å²) in [5, 5.41) is 1.22. The van der Waals surface area contributed by atoms with Gasteiger partial charge in [0.15, 0.2) is 0 Å². The fourth-order valence-electron chi connectivity index (χ4n) is 3.13. The first-order valence-corrected chi connectivity index (χ1v) is 7.63. The number of fused-ring (bicyclic) bond motifs is 1. The van der Waals surface area contributed by atoms with Crippen LogP contribution in [0.1, 0.15) is 42.0 Å². The Bertz CT molecular complexity index is 639. The van der Waals surface area contributed by atoms with Gasteiger partial charge >= 0.3 is 0 Å². The summed E-state index contributed by atoms with van der Waals surface area (Å²) in [6.45, 7) is 2.21. The summed E-state index contributed by atoms with van der Waals surface area (Å²) < 4.78 is 0. The van der Waals surface area contributed by atoms with E-state index in [0.717, 1.165) is 6.42 Å². The molecule has 0 saturated heterocycles. The minimum atomic E-state index is 0.116. The van der Waals surface area contributed by atoms with E-state index in [9.17, 15) is 0 Å². The second kappa shape index (κ2) is 5.40. The molecule has 2 aromatic carbocycles. The summed E-state index contributed by atoms with van der Waals surface area (Å²) in [7, 11) is 0. The molecule has 2 aromatic rings. The predicted molar refractivity (Wildman–Crippen MR) is 85.5 cm³/mol. The van der Waals surface area contributed by atoms with Gasteiger partial charge in [-0.1, -0.05) is 60.5 Å². The molecule has 0 radical (unpaired) electrons. The molecular formula is C17H17Cl2N. The highest BCUT2D eigenvalue weighted by Gasteiger charge is 2.31. The molecular weight excluding hydrogens is 289 g/mol. The highest BCUT2D eigenvalue weighted by Crippen LogP contribution is 2.44. The summed E-state index contributed by atoms with van der Waals surface area (Å²) in [5.41, 5.74) is 10.1. The smallest absolute Gasteiger partial charge is 0.0595 e. The van der Waals surface area contributed by atoms with Gasteiger partial charge in [0.05, 0.1) is 10.0 Å². The van der Waals surface area contributed by atoms with Crippen LogP contribution < -0.4 is 5.73 Å². The monoisotopic (exact) mass is 305 g/mol. The van der Waals surface area contributed by atoms with Crippen molar-refractivity contribution in [2.75, 3.05) is 0 Å². The third kappa shape index (κ3) is 2.35. The lowest BCUT2D eigenvalue weighted by Crippen LogP contribution is -2.28. The Hall–Kier alpha value is -1.02. The molecule has 0 saturated carbocycles. The molecule has 0 bridgehead atoms. The standard InChI is InChI=1S/C17H17Cl2N/c1-10-8-14(11-6-7-15(18)16(19)9-11)12-4-2-3-5-13(12)17(10)20/h2-7,9-10,14,17H,8,20H2,1H3. The average molecular weight is 306 g/mol. The summed E-state index contributed by atoms with van der Waals surface area (Å²) in [6.07, 6.45) is 1.04. The molecule has 104 valence electrons. The predicted octanol–water partition coefficient (Wildman–Crippen LogP) is 5.16. The van der Waals surface area contributed by atoms with E-state index < -0.39 is 0 Å². The first-order valence-electron chi connectivity index (χ1n) is 6.87. The zero-order valence-corrected chi connectivity index (χ0v) is 12.8. The molecule has 3 rings (SSSR count). The minimum absolute atomic E-state index is 0.116. The lowest BCUT2D eigenvalue weighted by Gasteiger charge is -2.35. The Morgan fingerprint density at radius 3 is 2.40 bits per heavy atom. The van der Waals surface area contributed by atoms with Crippen LogP contribution in [0.3, 0.4) is 0 Å². The second-order valence-corrected chi connectivity index (χ2v) is 6.41. The van der Waals surface area contributed by atoms with Gasteiger partial charge in [0.25, 0.3) is 0 Å². The minimum Gasteiger partial charge on any atom is -0.324 e. The average Bonchev–Trinajstić information content (AvgIpc) is 2.46. The van der Waals surface area contributed by atoms with Gasteiger partial charge in [0.1, 0.15) is 0 Å². The highest BCUT2D eigenvalue weighted by atomic mass is 35.5. The lowest BCUT2D eigenvalue weighted by atomic mass is 9.72. The van der Waals surface area contributed by atoms with Crippen LogP contribution in [0.4, 0.5) is 0 Å². The van der Waals surface area contributed by atoms with E-state index in [2.05, 4.69) is 37.3 Å². The Morgan fingerprint density at radius 2 is 1.70 bits per heavy atom. The second-order valence-electron chi connectivity index (χ2n) is 5.59. The number of halogens is 2. The van der Waals surface area contributed by atoms with E-state index in [0.29, 0.717) is 21.9 Å². The third-order valence-corrected chi connectivity index (χ3v) is 5.04. The van der Waals surface area contributed by atoms with Crippen LogP contribution in [-0.4, -0.2) is 0 Å². The van der Waals surface area contributed by atoms with Gasteiger partial charge in [-0.15, -0.1) is 0 Å². The maximum absolute atomic E-state index is 6.34. The van der Waals surface area contributed by atoms with E-state index in [1.54, 1.807) is 0 Å². The summed E-state index contributed by atoms with van der Waals surface area (Å²) in [5.74, 6) is 0.792. The SMILES string of the molecule is CC1CC(c2ccc(Cl)c(Cl)c2)c2ccccc2C1N. The van der Waals surface area contributed by atoms with Crippen LogP contribution in [0.15, 0.2) is 42.5 Å². The van der Waals surface area contributed by atoms with Gasteiger partial charge < -0.3 is 5.73 Å². The summed E-state index contributed by atoms with van der Waals surface area (Å²) in [6, 6.07) is 14.5. The topological polar surface area (TPSA) is 26.0 Å². The molecule has 1 aliphatic rings. The Kier molecular flexibility index (Phi) is 3.76. The molecule has 2 N–H and O–H groups in total. The molecule has 0 heterocycles. The summed E-state index contributed by atoms with van der Waals surface area (Å²) in [4.78, 5) is 0. The number of benzene rings is 2. The highest BCUT2D eigenvalue weighted by molar-refractivity contribution is 6.42. The van der Waals surface area contributed by atoms with Crippen LogP contribution in [0.5, 0.6) is 0 Å². The van der Waals surface area contributed by atoms with Crippen molar-refractivity contribution in [3.63, 3.8) is 0 Å². The van der Waals surface area contributed by atoms with Crippen molar-refractivity contribution in [2.24, 2.45) is 11.7 Å². The van der Waals surface area contributed by atoms with Crippen molar-refractivity contribution in [2.45, 2.75) is 25.3 Å². The maximum atomic E-state index is 6.34. The Labute approximate surface area is 129 Å². The Balaban J connectivity index is 2.10. The molecule has 1 nitrogen and oxygen atoms in total. The van der Waals surface area contributed by atoms with Gasteiger partial charge in [-0.25, -0.2) is 0 Å². The molecule has 1 aliphatic carbocycles. The number of hydrogen-bond acceptors (Lipinski definition) is 1. The molecule has 0 fully saturated rings. The number of hydrogen-bond donors (Lipinski definition) is 1. The van der Waals surface area contributed by atoms with E-state index >= 15 is 0 Å². The lowest BCUT2D eigenvalue weighted by molar-refractivity contribution is 0.387. The Morgan fingerprint density at radius 1 is 1.00 bits per heavy atom. The fourth-order valence-corrected chi connectivity index (χ4v) is 3.43. The molecule has 3 heteroatoms. The van der Waals surface area contributed by atoms with Crippen LogP contribution >= 0.6 is 23.2 Å². The van der Waals surface area contributed by atoms with Gasteiger partial charge in [-0.3, -0.25) is 0 Å². The largest absolute Gasteiger partial charge is 0.324 e. The molecule has 0 spiro atoms. The van der Waals surface area contributed by atoms with Crippen LogP contribution in [0.25, 0.3) is 0 Å². The molecule has 3 atom stereocenters. The van der Waals surface area contributed by atoms with E-state index in [4.69, 9.17) is 28.9 Å². The van der Waals surface area contributed by atoms with Crippen molar-refractivity contribution in [3.05, 3.63) is 69.2 Å². The van der Waals surface area contributed by atoms with Crippen molar-refractivity contribution in [1.29, 1.82) is 0 Å². The quantitative estimate of drug-likeness (QED) is 0.773. The van der Waals surface area contributed by atoms with Gasteiger partial charge in [0.2, 0.25) is 0 Å². The number of rotatable bonds is 1. The molecule has 20 heavy (non-hydrogen) atoms. The van der Waals surface area contributed by atoms with Crippen molar-refractivity contribution < 1.29 is 0 Å². The zero-order chi connectivity index (χ0) is 14.3. The van der Waals surface area contributed by atoms with Gasteiger partial charge in [-0.2, -0.15) is 0 Å². The number of nitrogens with two attached hydrogens (primary N) is 1. The van der Waals surface area contributed by atoms with Crippen LogP contribution in [-0.2, 0) is 0 Å². The van der Waals surface area contributed by atoms with Crippen LogP contribution in [0, 0.1) is 5.92 Å². The van der Waals surface area contributed by atoms with E-state index in [-0.39, 0.29) is 6.04 Å². The molecule has 0 aliphatic heterocycles. The summed E-state index contributed by atoms with van der Waals surface area (Å²) >= 11 is 12.2. The first-order chi connectivity index (χ1) is 9.58. The van der Waals surface area contributed by atoms with Gasteiger partial charge in [0, 0.05) is 12.0 Å². The normalized spacial score (nSPS) is 25.3. The van der Waals surface area contributed by atoms with E-state index in [1.165, 1.54) is 16.7 Å². The third-order valence-electron chi connectivity index (χ3n) is 4.30. The molecule has 0 aromatic heterocycles. The van der Waals surface area contributed by atoms with Crippen molar-refractivity contribution in [3.8, 4) is 0 Å². The first kappa shape index (κ1) is 13.9. The van der Waals surface area contributed by atoms with E-state index in [1.807, 2.05) is 12.1 Å². The van der Waals surface area contributed by atoms with Crippen molar-refractivity contribution >= 4 is 23.2 Å². The fraction of sp³-hybridized carbons (Fsp3) is 0.294. The molecule has 0 amide bonds. The maximum Gasteiger partial charge on any atom is 0.0595 e. The molecule has 3 unspecified atom stereocenters. The van der Waals surface area contributed by atoms with Crippen molar-refractivity contribution in [1.82, 2.24) is 0 Å². The van der Waals surface area contributed by atoms with Crippen LogP contribution in [0.2, 0.25) is 10.0 Å².